The summed E-state index contributed by atoms with van der Waals surface area (Å²) in [7, 11) is 0. The largest absolute Gasteiger partial charge is 0.637 e. The summed E-state index contributed by atoms with van der Waals surface area (Å²) in [5.41, 5.74) is 5.14. The molecule has 1 aliphatic rings. The Kier molecular flexibility index (Phi) is 9.21. The molecule has 1 aliphatic heterocycles. The van der Waals surface area contributed by atoms with Gasteiger partial charge in [-0.2, -0.15) is 12.8 Å². The maximum Gasteiger partial charge on any atom is 0.129 e. The molecule has 0 aromatic carbocycles. The van der Waals surface area contributed by atoms with Gasteiger partial charge in [0, 0.05) is 53.8 Å². The smallest absolute Gasteiger partial charge is 0.129 e. The molecule has 55 valence electrons. The first kappa shape index (κ1) is 13.6. The van der Waals surface area contributed by atoms with E-state index >= 15 is 0 Å². The van der Waals surface area contributed by atoms with Crippen molar-refractivity contribution < 1.29 is 53.8 Å². The average molecular weight is 384 g/mol. The molecule has 0 bridgehead atoms. The molecule has 3 nitrogen and oxygen atoms in total. The van der Waals surface area contributed by atoms with E-state index in [1.165, 1.54) is 0 Å². The zero-order chi connectivity index (χ0) is 5.98. The van der Waals surface area contributed by atoms with Gasteiger partial charge in [-0.1, -0.05) is 0 Å². The van der Waals surface area contributed by atoms with Crippen LogP contribution in [0.3, 0.4) is 0 Å². The van der Waals surface area contributed by atoms with E-state index in [1.807, 2.05) is 13.1 Å². The Hall–Kier alpha value is 1.06. The summed E-state index contributed by atoms with van der Waals surface area (Å²) >= 11 is 0. The number of nitrogens with one attached hydrogen (secondary N) is 1. The van der Waals surface area contributed by atoms with Gasteiger partial charge in [0.2, 0.25) is 0 Å². The third-order valence-electron chi connectivity index (χ3n) is 1.10. The fourth-order valence-corrected chi connectivity index (χ4v) is 0.698. The van der Waals surface area contributed by atoms with Gasteiger partial charge in [0.25, 0.3) is 0 Å². The summed E-state index contributed by atoms with van der Waals surface area (Å²) in [5, 5.41) is 6.93. The maximum atomic E-state index is 6.93. The summed E-state index contributed by atoms with van der Waals surface area (Å²) in [6.07, 6.45) is 2.03. The zero-order valence-electron chi connectivity index (χ0n) is 5.58. The van der Waals surface area contributed by atoms with Gasteiger partial charge in [0.05, 0.1) is 0 Å². The maximum absolute atomic E-state index is 6.93. The average Bonchev–Trinajstić information content (AvgIpc) is 2.12. The van der Waals surface area contributed by atoms with Gasteiger partial charge in [0.15, 0.2) is 0 Å². The van der Waals surface area contributed by atoms with Crippen molar-refractivity contribution in [1.82, 2.24) is 4.90 Å². The van der Waals surface area contributed by atoms with Crippen molar-refractivity contribution >= 4 is 5.96 Å². The standard InChI is InChI=1S/C5H9N3.W.Y/c6-5(7)8-3-1-2-4-8;;/h3-4H,1-2H2,(H3,6,7);;/q-2;;. The second-order valence-electron chi connectivity index (χ2n) is 1.74. The van der Waals surface area contributed by atoms with E-state index < -0.39 is 0 Å². The first-order valence-electron chi connectivity index (χ1n) is 2.60. The Bertz CT molecular complexity index is 103. The number of nitrogens with zero attached hydrogens (tertiary/aromatic N) is 1. The fourth-order valence-electron chi connectivity index (χ4n) is 0.698. The monoisotopic (exact) mass is 384 g/mol. The van der Waals surface area contributed by atoms with Crippen LogP contribution in [0.5, 0.6) is 0 Å². The number of rotatable bonds is 0. The van der Waals surface area contributed by atoms with Gasteiger partial charge in [-0.05, 0) is 0 Å². The first-order valence-corrected chi connectivity index (χ1v) is 2.60. The number of likely N-dealkylation sites (tertiary alicyclic amines) is 1. The molecule has 1 fully saturated rings. The minimum absolute atomic E-state index is 0. The number of nitrogens with two attached hydrogens (primary N) is 1. The van der Waals surface area contributed by atoms with Crippen LogP contribution in [0.25, 0.3) is 0 Å². The van der Waals surface area contributed by atoms with E-state index in [1.54, 1.807) is 4.90 Å². The second-order valence-corrected chi connectivity index (χ2v) is 1.74. The molecule has 10 heavy (non-hydrogen) atoms. The summed E-state index contributed by atoms with van der Waals surface area (Å²) in [6.45, 7) is 3.81. The van der Waals surface area contributed by atoms with Crippen molar-refractivity contribution in [2.24, 2.45) is 5.73 Å². The number of hydrogen-bond acceptors (Lipinski definition) is 1. The van der Waals surface area contributed by atoms with Gasteiger partial charge in [0.1, 0.15) is 5.96 Å². The van der Waals surface area contributed by atoms with E-state index in [0.29, 0.717) is 0 Å². The van der Waals surface area contributed by atoms with Crippen molar-refractivity contribution in [3.8, 4) is 0 Å². The molecule has 0 aliphatic carbocycles. The van der Waals surface area contributed by atoms with Gasteiger partial charge in [-0.25, -0.2) is 0 Å². The molecule has 0 aromatic rings. The van der Waals surface area contributed by atoms with Crippen LogP contribution in [0.1, 0.15) is 12.8 Å². The molecule has 1 heterocycles. The van der Waals surface area contributed by atoms with Crippen molar-refractivity contribution in [1.29, 1.82) is 5.41 Å². The molecule has 0 saturated carbocycles. The molecular formula is C5H9N3WY-2. The third-order valence-corrected chi connectivity index (χ3v) is 1.10. The molecule has 3 N–H and O–H groups in total. The van der Waals surface area contributed by atoms with Crippen molar-refractivity contribution in [3.63, 3.8) is 0 Å². The Morgan fingerprint density at radius 1 is 1.40 bits per heavy atom. The molecule has 1 saturated heterocycles. The van der Waals surface area contributed by atoms with E-state index in [-0.39, 0.29) is 59.7 Å². The van der Waals surface area contributed by atoms with Crippen LogP contribution in [0.15, 0.2) is 0 Å². The summed E-state index contributed by atoms with van der Waals surface area (Å²) in [6, 6.07) is 0. The normalized spacial score (nSPS) is 15.4. The second kappa shape index (κ2) is 6.75. The molecular weight excluding hydrogens is 375 g/mol. The molecule has 0 unspecified atom stereocenters. The Morgan fingerprint density at radius 3 is 2.00 bits per heavy atom. The minimum atomic E-state index is 0. The Balaban J connectivity index is 0. The van der Waals surface area contributed by atoms with Gasteiger partial charge in [-0.3, -0.25) is 18.5 Å². The Labute approximate surface area is 101 Å². The summed E-state index contributed by atoms with van der Waals surface area (Å²) < 4.78 is 0. The van der Waals surface area contributed by atoms with Gasteiger partial charge >= 0.3 is 0 Å². The van der Waals surface area contributed by atoms with Gasteiger partial charge < -0.3 is 10.6 Å². The van der Waals surface area contributed by atoms with Crippen LogP contribution in [0, 0.1) is 18.5 Å². The van der Waals surface area contributed by atoms with Crippen LogP contribution in [-0.4, -0.2) is 10.9 Å². The van der Waals surface area contributed by atoms with Crippen LogP contribution in [0.2, 0.25) is 0 Å². The molecule has 0 spiro atoms. The minimum Gasteiger partial charge on any atom is -0.637 e. The third kappa shape index (κ3) is 4.05. The quantitative estimate of drug-likeness (QED) is 0.359. The van der Waals surface area contributed by atoms with Crippen LogP contribution in [-0.2, 0) is 53.8 Å². The van der Waals surface area contributed by atoms with Crippen LogP contribution in [0.4, 0.5) is 0 Å². The predicted octanol–water partition coefficient (Wildman–Crippen LogP) is 0.294. The molecule has 0 atom stereocenters. The molecule has 0 amide bonds. The van der Waals surface area contributed by atoms with E-state index in [9.17, 15) is 0 Å². The Morgan fingerprint density at radius 2 is 1.80 bits per heavy atom. The molecule has 0 aromatic heterocycles. The van der Waals surface area contributed by atoms with Crippen molar-refractivity contribution in [3.05, 3.63) is 13.1 Å². The molecule has 1 radical (unpaired) electrons. The van der Waals surface area contributed by atoms with Crippen LogP contribution >= 0.6 is 0 Å². The van der Waals surface area contributed by atoms with Crippen molar-refractivity contribution in [2.45, 2.75) is 12.8 Å². The summed E-state index contributed by atoms with van der Waals surface area (Å²) in [4.78, 5) is 1.64. The predicted molar refractivity (Wildman–Crippen MR) is 31.6 cm³/mol. The first-order chi connectivity index (χ1) is 3.80. The van der Waals surface area contributed by atoms with E-state index in [4.69, 9.17) is 11.1 Å². The van der Waals surface area contributed by atoms with Gasteiger partial charge in [-0.15, -0.1) is 0 Å². The summed E-state index contributed by atoms with van der Waals surface area (Å²) in [5.74, 6) is 0.113. The molecule has 1 rings (SSSR count). The van der Waals surface area contributed by atoms with Crippen molar-refractivity contribution in [2.75, 3.05) is 0 Å². The number of guanidine groups is 1. The fraction of sp³-hybridized carbons (Fsp3) is 0.400. The van der Waals surface area contributed by atoms with E-state index in [2.05, 4.69) is 0 Å². The molecule has 5 heteroatoms. The number of hydrogen-bond donors (Lipinski definition) is 2. The van der Waals surface area contributed by atoms with E-state index in [0.717, 1.165) is 12.8 Å². The zero-order valence-corrected chi connectivity index (χ0v) is 11.4. The van der Waals surface area contributed by atoms with Crippen LogP contribution < -0.4 is 5.73 Å². The topological polar surface area (TPSA) is 53.1 Å². The SMILES string of the molecule is N=C(N)N1[CH-]CC[CH-]1.[W].[Y].